The summed E-state index contributed by atoms with van der Waals surface area (Å²) in [5, 5.41) is 0. The van der Waals surface area contributed by atoms with Crippen molar-refractivity contribution in [3.8, 4) is 11.4 Å². The third kappa shape index (κ3) is 3.59. The summed E-state index contributed by atoms with van der Waals surface area (Å²) in [6.45, 7) is 7.93. The number of likely N-dealkylation sites (N-methyl/N-ethyl adjacent to an activating group) is 2. The average molecular weight is 393 g/mol. The molecule has 7 nitrogen and oxygen atoms in total. The summed E-state index contributed by atoms with van der Waals surface area (Å²) in [7, 11) is 2.72. The number of hydrogen-bond acceptors (Lipinski definition) is 4. The highest BCUT2D eigenvalue weighted by Crippen LogP contribution is 2.26. The summed E-state index contributed by atoms with van der Waals surface area (Å²) in [5.74, 6) is -0.467. The zero-order valence-electron chi connectivity index (χ0n) is 16.9. The van der Waals surface area contributed by atoms with E-state index < -0.39 is 17.8 Å². The number of nitrogens with zero attached hydrogens (tertiary/aromatic N) is 3. The Labute approximate surface area is 169 Å². The van der Waals surface area contributed by atoms with E-state index in [0.29, 0.717) is 6.61 Å². The Morgan fingerprint density at radius 1 is 1.00 bits per heavy atom. The Bertz CT molecular complexity index is 1010. The van der Waals surface area contributed by atoms with E-state index in [1.54, 1.807) is 12.2 Å². The molecule has 4 amide bonds. The molecule has 29 heavy (non-hydrogen) atoms. The molecule has 0 radical (unpaired) electrons. The van der Waals surface area contributed by atoms with Crippen molar-refractivity contribution in [1.29, 1.82) is 0 Å². The Kier molecular flexibility index (Phi) is 5.41. The fourth-order valence-electron chi connectivity index (χ4n) is 3.31. The zero-order valence-corrected chi connectivity index (χ0v) is 16.9. The van der Waals surface area contributed by atoms with Crippen LogP contribution in [0.3, 0.4) is 0 Å². The molecule has 0 saturated carbocycles. The Balaban J connectivity index is 1.98. The predicted octanol–water partition coefficient (Wildman–Crippen LogP) is 3.09. The van der Waals surface area contributed by atoms with Crippen LogP contribution < -0.4 is 4.74 Å². The molecule has 7 heteroatoms. The third-order valence-corrected chi connectivity index (χ3v) is 4.88. The quantitative estimate of drug-likeness (QED) is 0.445. The number of carbonyl (C=O) groups excluding carboxylic acids is 3. The van der Waals surface area contributed by atoms with E-state index in [-0.39, 0.29) is 5.57 Å². The monoisotopic (exact) mass is 393 g/mol. The molecule has 3 rings (SSSR count). The van der Waals surface area contributed by atoms with Gasteiger partial charge in [-0.25, -0.2) is 4.79 Å². The number of rotatable bonds is 5. The Hall–Kier alpha value is -3.61. The molecule has 1 aliphatic rings. The lowest BCUT2D eigenvalue weighted by molar-refractivity contribution is -0.134. The number of urea groups is 1. The second-order valence-corrected chi connectivity index (χ2v) is 6.82. The van der Waals surface area contributed by atoms with Crippen LogP contribution >= 0.6 is 0 Å². The van der Waals surface area contributed by atoms with Crippen LogP contribution in [0.2, 0.25) is 0 Å². The van der Waals surface area contributed by atoms with E-state index in [4.69, 9.17) is 4.74 Å². The van der Waals surface area contributed by atoms with Crippen molar-refractivity contribution in [3.63, 3.8) is 0 Å². The summed E-state index contributed by atoms with van der Waals surface area (Å²) >= 11 is 0. The van der Waals surface area contributed by atoms with Crippen LogP contribution in [0.4, 0.5) is 4.79 Å². The number of carbonyl (C=O) groups is 3. The molecule has 1 aromatic carbocycles. The van der Waals surface area contributed by atoms with Crippen LogP contribution in [0.5, 0.6) is 5.75 Å². The summed E-state index contributed by atoms with van der Waals surface area (Å²) in [5.41, 5.74) is 3.45. The first-order valence-corrected chi connectivity index (χ1v) is 9.11. The van der Waals surface area contributed by atoms with E-state index in [1.165, 1.54) is 14.1 Å². The summed E-state index contributed by atoms with van der Waals surface area (Å²) < 4.78 is 7.54. The van der Waals surface area contributed by atoms with Gasteiger partial charge in [0.25, 0.3) is 11.8 Å². The van der Waals surface area contributed by atoms with Crippen molar-refractivity contribution in [2.75, 3.05) is 20.7 Å². The van der Waals surface area contributed by atoms with Gasteiger partial charge in [0.1, 0.15) is 17.9 Å². The fourth-order valence-corrected chi connectivity index (χ4v) is 3.31. The normalized spacial score (nSPS) is 14.5. The molecule has 0 spiro atoms. The van der Waals surface area contributed by atoms with Gasteiger partial charge in [0.05, 0.1) is 0 Å². The number of aromatic nitrogens is 1. The van der Waals surface area contributed by atoms with Crippen molar-refractivity contribution < 1.29 is 19.1 Å². The highest BCUT2D eigenvalue weighted by atomic mass is 16.5. The number of aryl methyl sites for hydroxylation is 1. The van der Waals surface area contributed by atoms with Crippen LogP contribution in [-0.2, 0) is 9.59 Å². The van der Waals surface area contributed by atoms with Gasteiger partial charge in [-0.1, -0.05) is 12.7 Å². The van der Waals surface area contributed by atoms with Crippen molar-refractivity contribution >= 4 is 23.9 Å². The van der Waals surface area contributed by atoms with E-state index >= 15 is 0 Å². The van der Waals surface area contributed by atoms with Gasteiger partial charge in [-0.15, -0.1) is 0 Å². The number of hydrogen-bond donors (Lipinski definition) is 0. The van der Waals surface area contributed by atoms with Gasteiger partial charge in [-0.3, -0.25) is 19.4 Å². The number of imide groups is 2. The van der Waals surface area contributed by atoms with Crippen LogP contribution in [0.15, 0.2) is 48.6 Å². The highest BCUT2D eigenvalue weighted by Gasteiger charge is 2.37. The molecule has 150 valence electrons. The number of amides is 4. The second-order valence-electron chi connectivity index (χ2n) is 6.82. The first kappa shape index (κ1) is 20.1. The van der Waals surface area contributed by atoms with Crippen LogP contribution in [0.1, 0.15) is 17.0 Å². The molecule has 1 saturated heterocycles. The molecule has 1 aliphatic heterocycles. The van der Waals surface area contributed by atoms with Crippen molar-refractivity contribution in [2.45, 2.75) is 13.8 Å². The van der Waals surface area contributed by atoms with Crippen LogP contribution in [-0.4, -0.2) is 52.9 Å². The zero-order chi connectivity index (χ0) is 21.3. The number of benzene rings is 1. The molecular formula is C22H23N3O4. The molecule has 1 aromatic heterocycles. The van der Waals surface area contributed by atoms with Gasteiger partial charge >= 0.3 is 6.03 Å². The average Bonchev–Trinajstić information content (AvgIpc) is 3.00. The van der Waals surface area contributed by atoms with Gasteiger partial charge in [0.2, 0.25) is 0 Å². The third-order valence-electron chi connectivity index (χ3n) is 4.88. The van der Waals surface area contributed by atoms with Gasteiger partial charge in [0.15, 0.2) is 0 Å². The van der Waals surface area contributed by atoms with Crippen LogP contribution in [0, 0.1) is 13.8 Å². The molecule has 0 aliphatic carbocycles. The van der Waals surface area contributed by atoms with Gasteiger partial charge in [-0.05, 0) is 55.8 Å². The number of barbiturate groups is 1. The highest BCUT2D eigenvalue weighted by molar-refractivity contribution is 6.30. The van der Waals surface area contributed by atoms with Crippen molar-refractivity contribution in [1.82, 2.24) is 14.4 Å². The topological polar surface area (TPSA) is 71.8 Å². The summed E-state index contributed by atoms with van der Waals surface area (Å²) in [6.07, 6.45) is 3.23. The Morgan fingerprint density at radius 3 is 2.14 bits per heavy atom. The summed E-state index contributed by atoms with van der Waals surface area (Å²) in [4.78, 5) is 38.7. The first-order valence-electron chi connectivity index (χ1n) is 9.11. The van der Waals surface area contributed by atoms with Gasteiger partial charge < -0.3 is 9.30 Å². The second kappa shape index (κ2) is 7.79. The summed E-state index contributed by atoms with van der Waals surface area (Å²) in [6, 6.07) is 8.89. The van der Waals surface area contributed by atoms with E-state index in [1.807, 2.05) is 48.7 Å². The SMILES string of the molecule is C=CCOc1ccc(-n2c(C)cc(C=C3C(=O)N(C)C(=O)N(C)C3=O)c2C)cc1. The Morgan fingerprint density at radius 2 is 1.59 bits per heavy atom. The minimum Gasteiger partial charge on any atom is -0.490 e. The molecule has 2 aromatic rings. The van der Waals surface area contributed by atoms with Crippen molar-refractivity contribution in [2.24, 2.45) is 0 Å². The molecule has 1 fully saturated rings. The minimum atomic E-state index is -0.638. The standard InChI is InChI=1S/C22H23N3O4/c1-6-11-29-18-9-7-17(8-10-18)25-14(2)12-16(15(25)3)13-19-20(26)23(4)22(28)24(5)21(19)27/h6-10,12-13H,1,11H2,2-5H3. The maximum atomic E-state index is 12.5. The molecule has 2 heterocycles. The lowest BCUT2D eigenvalue weighted by Gasteiger charge is -2.28. The molecule has 0 atom stereocenters. The predicted molar refractivity (Wildman–Crippen MR) is 110 cm³/mol. The van der Waals surface area contributed by atoms with Gasteiger partial charge in [-0.2, -0.15) is 0 Å². The lowest BCUT2D eigenvalue weighted by atomic mass is 10.1. The van der Waals surface area contributed by atoms with E-state index in [9.17, 15) is 14.4 Å². The first-order chi connectivity index (χ1) is 13.8. The maximum absolute atomic E-state index is 12.5. The maximum Gasteiger partial charge on any atom is 0.333 e. The number of ether oxygens (including phenoxy) is 1. The smallest absolute Gasteiger partial charge is 0.333 e. The molecular weight excluding hydrogens is 370 g/mol. The van der Waals surface area contributed by atoms with E-state index in [0.717, 1.165) is 38.2 Å². The largest absolute Gasteiger partial charge is 0.490 e. The van der Waals surface area contributed by atoms with Crippen LogP contribution in [0.25, 0.3) is 11.8 Å². The molecule has 0 N–H and O–H groups in total. The molecule has 0 bridgehead atoms. The van der Waals surface area contributed by atoms with Gasteiger partial charge in [0, 0.05) is 31.2 Å². The molecule has 0 unspecified atom stereocenters. The lowest BCUT2D eigenvalue weighted by Crippen LogP contribution is -2.52. The fraction of sp³-hybridized carbons (Fsp3) is 0.227. The minimum absolute atomic E-state index is 0.0389. The van der Waals surface area contributed by atoms with Crippen molar-refractivity contribution in [3.05, 3.63) is 65.5 Å². The van der Waals surface area contributed by atoms with E-state index in [2.05, 4.69) is 6.58 Å².